The topological polar surface area (TPSA) is 22.4 Å². The van der Waals surface area contributed by atoms with E-state index in [0.29, 0.717) is 0 Å². The summed E-state index contributed by atoms with van der Waals surface area (Å²) in [5, 5.41) is 0. The highest BCUT2D eigenvalue weighted by molar-refractivity contribution is 5.65. The third-order valence-electron chi connectivity index (χ3n) is 2.58. The van der Waals surface area contributed by atoms with Gasteiger partial charge in [-0.05, 0) is 37.6 Å². The standard InChI is InChI=1S/C14H16O2/c1-3-11(2)16-14-8-5-4-7-12(14)13-9-6-10-15-13/h4-11H,3H2,1-2H3. The van der Waals surface area contributed by atoms with Crippen molar-refractivity contribution in [2.24, 2.45) is 0 Å². The highest BCUT2D eigenvalue weighted by atomic mass is 16.5. The average molecular weight is 216 g/mol. The van der Waals surface area contributed by atoms with Crippen LogP contribution in [-0.2, 0) is 0 Å². The third-order valence-corrected chi connectivity index (χ3v) is 2.58. The first-order valence-electron chi connectivity index (χ1n) is 5.61. The molecule has 16 heavy (non-hydrogen) atoms. The van der Waals surface area contributed by atoms with Gasteiger partial charge in [0.15, 0.2) is 0 Å². The van der Waals surface area contributed by atoms with Gasteiger partial charge in [0.2, 0.25) is 0 Å². The molecule has 84 valence electrons. The van der Waals surface area contributed by atoms with Gasteiger partial charge in [0.1, 0.15) is 11.5 Å². The van der Waals surface area contributed by atoms with Crippen LogP contribution in [-0.4, -0.2) is 6.10 Å². The maximum atomic E-state index is 5.86. The lowest BCUT2D eigenvalue weighted by Crippen LogP contribution is -2.10. The van der Waals surface area contributed by atoms with Gasteiger partial charge in [0.25, 0.3) is 0 Å². The van der Waals surface area contributed by atoms with Crippen molar-refractivity contribution < 1.29 is 9.15 Å². The molecule has 2 nitrogen and oxygen atoms in total. The van der Waals surface area contributed by atoms with Gasteiger partial charge in [-0.25, -0.2) is 0 Å². The molecule has 0 fully saturated rings. The molecular formula is C14H16O2. The van der Waals surface area contributed by atoms with E-state index in [0.717, 1.165) is 23.5 Å². The lowest BCUT2D eigenvalue weighted by atomic mass is 10.1. The van der Waals surface area contributed by atoms with Crippen LogP contribution in [0, 0.1) is 0 Å². The van der Waals surface area contributed by atoms with Gasteiger partial charge < -0.3 is 9.15 Å². The minimum absolute atomic E-state index is 0.219. The summed E-state index contributed by atoms with van der Waals surface area (Å²) in [5.74, 6) is 1.73. The fourth-order valence-corrected chi connectivity index (χ4v) is 1.50. The predicted molar refractivity (Wildman–Crippen MR) is 64.5 cm³/mol. The molecule has 0 aliphatic heterocycles. The Hall–Kier alpha value is -1.70. The maximum absolute atomic E-state index is 5.86. The van der Waals surface area contributed by atoms with E-state index in [2.05, 4.69) is 13.8 Å². The summed E-state index contributed by atoms with van der Waals surface area (Å²) in [6, 6.07) is 11.8. The Labute approximate surface area is 95.9 Å². The third kappa shape index (κ3) is 2.27. The van der Waals surface area contributed by atoms with E-state index < -0.39 is 0 Å². The Morgan fingerprint density at radius 1 is 1.19 bits per heavy atom. The summed E-state index contributed by atoms with van der Waals surface area (Å²) < 4.78 is 11.3. The molecule has 0 N–H and O–H groups in total. The van der Waals surface area contributed by atoms with E-state index in [9.17, 15) is 0 Å². The van der Waals surface area contributed by atoms with E-state index in [1.54, 1.807) is 6.26 Å². The zero-order chi connectivity index (χ0) is 11.4. The van der Waals surface area contributed by atoms with E-state index in [1.807, 2.05) is 36.4 Å². The molecule has 1 aromatic carbocycles. The number of benzene rings is 1. The molecule has 0 spiro atoms. The number of rotatable bonds is 4. The molecule has 0 saturated heterocycles. The highest BCUT2D eigenvalue weighted by Crippen LogP contribution is 2.30. The monoisotopic (exact) mass is 216 g/mol. The van der Waals surface area contributed by atoms with Gasteiger partial charge in [-0.1, -0.05) is 19.1 Å². The van der Waals surface area contributed by atoms with Crippen molar-refractivity contribution in [2.75, 3.05) is 0 Å². The minimum Gasteiger partial charge on any atom is -0.490 e. The van der Waals surface area contributed by atoms with Gasteiger partial charge in [-0.15, -0.1) is 0 Å². The minimum atomic E-state index is 0.219. The van der Waals surface area contributed by atoms with Crippen LogP contribution < -0.4 is 4.74 Å². The van der Waals surface area contributed by atoms with Crippen molar-refractivity contribution >= 4 is 0 Å². The van der Waals surface area contributed by atoms with Crippen LogP contribution in [0.5, 0.6) is 5.75 Å². The summed E-state index contributed by atoms with van der Waals surface area (Å²) >= 11 is 0. The normalized spacial score (nSPS) is 12.4. The Morgan fingerprint density at radius 2 is 2.00 bits per heavy atom. The molecule has 0 radical (unpaired) electrons. The second-order valence-corrected chi connectivity index (χ2v) is 3.81. The van der Waals surface area contributed by atoms with Crippen LogP contribution in [0.3, 0.4) is 0 Å². The van der Waals surface area contributed by atoms with Crippen molar-refractivity contribution in [1.82, 2.24) is 0 Å². The molecular weight excluding hydrogens is 200 g/mol. The molecule has 0 bridgehead atoms. The van der Waals surface area contributed by atoms with Crippen molar-refractivity contribution in [3.05, 3.63) is 42.7 Å². The SMILES string of the molecule is CCC(C)Oc1ccccc1-c1ccco1. The van der Waals surface area contributed by atoms with Crippen LogP contribution in [0.1, 0.15) is 20.3 Å². The highest BCUT2D eigenvalue weighted by Gasteiger charge is 2.09. The lowest BCUT2D eigenvalue weighted by Gasteiger charge is -2.14. The predicted octanol–water partition coefficient (Wildman–Crippen LogP) is 4.12. The van der Waals surface area contributed by atoms with Crippen LogP contribution >= 0.6 is 0 Å². The quantitative estimate of drug-likeness (QED) is 0.766. The van der Waals surface area contributed by atoms with Crippen LogP contribution in [0.25, 0.3) is 11.3 Å². The van der Waals surface area contributed by atoms with E-state index in [4.69, 9.17) is 9.15 Å². The number of ether oxygens (including phenoxy) is 1. The molecule has 1 unspecified atom stereocenters. The lowest BCUT2D eigenvalue weighted by molar-refractivity contribution is 0.218. The summed E-state index contributed by atoms with van der Waals surface area (Å²) in [7, 11) is 0. The largest absolute Gasteiger partial charge is 0.490 e. The summed E-state index contributed by atoms with van der Waals surface area (Å²) in [6.45, 7) is 4.18. The molecule has 0 aliphatic rings. The summed E-state index contributed by atoms with van der Waals surface area (Å²) in [5.41, 5.74) is 1.01. The number of hydrogen-bond acceptors (Lipinski definition) is 2. The molecule has 1 aromatic heterocycles. The molecule has 0 amide bonds. The van der Waals surface area contributed by atoms with Crippen LogP contribution in [0.2, 0.25) is 0 Å². The van der Waals surface area contributed by atoms with E-state index in [-0.39, 0.29) is 6.10 Å². The number of para-hydroxylation sites is 1. The first-order chi connectivity index (χ1) is 7.81. The molecule has 2 aromatic rings. The molecule has 0 saturated carbocycles. The van der Waals surface area contributed by atoms with E-state index >= 15 is 0 Å². The van der Waals surface area contributed by atoms with Gasteiger partial charge in [-0.2, -0.15) is 0 Å². The summed E-state index contributed by atoms with van der Waals surface area (Å²) in [6.07, 6.45) is 2.89. The first kappa shape index (κ1) is 10.8. The van der Waals surface area contributed by atoms with Crippen molar-refractivity contribution in [1.29, 1.82) is 0 Å². The average Bonchev–Trinajstić information content (AvgIpc) is 2.83. The molecule has 1 heterocycles. The Kier molecular flexibility index (Phi) is 3.30. The van der Waals surface area contributed by atoms with Gasteiger partial charge in [-0.3, -0.25) is 0 Å². The second kappa shape index (κ2) is 4.88. The molecule has 1 atom stereocenters. The van der Waals surface area contributed by atoms with Crippen LogP contribution in [0.15, 0.2) is 47.1 Å². The Morgan fingerprint density at radius 3 is 2.69 bits per heavy atom. The van der Waals surface area contributed by atoms with Crippen molar-refractivity contribution in [3.63, 3.8) is 0 Å². The van der Waals surface area contributed by atoms with Gasteiger partial charge in [0, 0.05) is 0 Å². The molecule has 2 heteroatoms. The summed E-state index contributed by atoms with van der Waals surface area (Å²) in [4.78, 5) is 0. The van der Waals surface area contributed by atoms with Crippen molar-refractivity contribution in [3.8, 4) is 17.1 Å². The molecule has 2 rings (SSSR count). The van der Waals surface area contributed by atoms with Gasteiger partial charge in [0.05, 0.1) is 17.9 Å². The number of hydrogen-bond donors (Lipinski definition) is 0. The Balaban J connectivity index is 2.31. The van der Waals surface area contributed by atoms with Crippen molar-refractivity contribution in [2.45, 2.75) is 26.4 Å². The van der Waals surface area contributed by atoms with Crippen LogP contribution in [0.4, 0.5) is 0 Å². The Bertz CT molecular complexity index is 432. The second-order valence-electron chi connectivity index (χ2n) is 3.81. The fourth-order valence-electron chi connectivity index (χ4n) is 1.50. The van der Waals surface area contributed by atoms with Gasteiger partial charge >= 0.3 is 0 Å². The fraction of sp³-hybridized carbons (Fsp3) is 0.286. The smallest absolute Gasteiger partial charge is 0.137 e. The first-order valence-corrected chi connectivity index (χ1v) is 5.61. The number of furan rings is 1. The zero-order valence-electron chi connectivity index (χ0n) is 9.64. The molecule has 0 aliphatic carbocycles. The zero-order valence-corrected chi connectivity index (χ0v) is 9.64. The maximum Gasteiger partial charge on any atom is 0.137 e. The van der Waals surface area contributed by atoms with E-state index in [1.165, 1.54) is 0 Å².